The monoisotopic (exact) mass is 330 g/mol. The van der Waals surface area contributed by atoms with Crippen LogP contribution in [-0.2, 0) is 11.3 Å². The van der Waals surface area contributed by atoms with Crippen LogP contribution in [-0.4, -0.2) is 62.8 Å². The Labute approximate surface area is 138 Å². The zero-order valence-electron chi connectivity index (χ0n) is 13.0. The molecule has 3 amide bonds. The first kappa shape index (κ1) is 15.7. The number of amides is 3. The van der Waals surface area contributed by atoms with E-state index in [-0.39, 0.29) is 12.6 Å². The lowest BCUT2D eigenvalue weighted by Gasteiger charge is -2.34. The number of anilines is 2. The zero-order valence-corrected chi connectivity index (χ0v) is 13.0. The van der Waals surface area contributed by atoms with Crippen molar-refractivity contribution >= 4 is 23.6 Å². The molecule has 24 heavy (non-hydrogen) atoms. The number of aromatic nitrogens is 4. The number of nitrogens with two attached hydrogens (primary N) is 1. The molecule has 3 heterocycles. The number of hydrogen-bond acceptors (Lipinski definition) is 6. The summed E-state index contributed by atoms with van der Waals surface area (Å²) in [7, 11) is 0. The second-order valence-electron chi connectivity index (χ2n) is 5.35. The summed E-state index contributed by atoms with van der Waals surface area (Å²) < 4.78 is 1.38. The summed E-state index contributed by atoms with van der Waals surface area (Å²) in [4.78, 5) is 35.3. The molecule has 3 rings (SSSR count). The number of nitrogens with one attached hydrogen (secondary N) is 1. The Morgan fingerprint density at radius 1 is 1.17 bits per heavy atom. The normalized spacial score (nSPS) is 14.5. The minimum absolute atomic E-state index is 0.0222. The molecule has 3 N–H and O–H groups in total. The minimum atomic E-state index is -0.491. The van der Waals surface area contributed by atoms with Crippen LogP contribution in [0.5, 0.6) is 0 Å². The van der Waals surface area contributed by atoms with Crippen molar-refractivity contribution in [1.29, 1.82) is 0 Å². The number of nitrogens with zero attached hydrogens (tertiary/aromatic N) is 6. The molecule has 2 aromatic heterocycles. The fourth-order valence-electron chi connectivity index (χ4n) is 2.44. The highest BCUT2D eigenvalue weighted by atomic mass is 16.2. The average Bonchev–Trinajstić information content (AvgIpc) is 3.02. The molecule has 1 aliphatic heterocycles. The Morgan fingerprint density at radius 2 is 1.88 bits per heavy atom. The number of primary amides is 1. The highest BCUT2D eigenvalue weighted by molar-refractivity contribution is 5.89. The van der Waals surface area contributed by atoms with E-state index in [1.165, 1.54) is 10.9 Å². The number of carbonyl (C=O) groups is 2. The van der Waals surface area contributed by atoms with Gasteiger partial charge in [-0.25, -0.2) is 14.8 Å². The predicted molar refractivity (Wildman–Crippen MR) is 86.3 cm³/mol. The molecule has 1 aliphatic rings. The Bertz CT molecular complexity index is 709. The molecular formula is C14H18N8O2. The lowest BCUT2D eigenvalue weighted by atomic mass is 10.3. The molecule has 2 aromatic rings. The van der Waals surface area contributed by atoms with Gasteiger partial charge < -0.3 is 20.9 Å². The van der Waals surface area contributed by atoms with Crippen molar-refractivity contribution in [2.24, 2.45) is 5.73 Å². The summed E-state index contributed by atoms with van der Waals surface area (Å²) in [6.45, 7) is 2.45. The Kier molecular flexibility index (Phi) is 4.54. The van der Waals surface area contributed by atoms with E-state index in [0.29, 0.717) is 37.8 Å². The molecule has 0 radical (unpaired) electrons. The van der Waals surface area contributed by atoms with E-state index in [0.717, 1.165) is 0 Å². The third-order valence-electron chi connectivity index (χ3n) is 3.60. The molecule has 0 bridgehead atoms. The number of carbonyl (C=O) groups excluding carboxylic acids is 2. The maximum atomic E-state index is 12.3. The van der Waals surface area contributed by atoms with Crippen molar-refractivity contribution in [3.8, 4) is 0 Å². The molecule has 0 saturated carbocycles. The molecule has 0 spiro atoms. The second-order valence-corrected chi connectivity index (χ2v) is 5.35. The first-order chi connectivity index (χ1) is 11.6. The second kappa shape index (κ2) is 6.94. The lowest BCUT2D eigenvalue weighted by Crippen LogP contribution is -2.50. The van der Waals surface area contributed by atoms with Crippen molar-refractivity contribution in [1.82, 2.24) is 24.6 Å². The summed E-state index contributed by atoms with van der Waals surface area (Å²) in [5, 5.41) is 6.73. The van der Waals surface area contributed by atoms with Crippen LogP contribution >= 0.6 is 0 Å². The van der Waals surface area contributed by atoms with E-state index in [1.807, 2.05) is 4.90 Å². The molecule has 0 aliphatic carbocycles. The predicted octanol–water partition coefficient (Wildman–Crippen LogP) is -0.487. The van der Waals surface area contributed by atoms with Crippen molar-refractivity contribution in [3.05, 3.63) is 30.9 Å². The van der Waals surface area contributed by atoms with Gasteiger partial charge in [-0.3, -0.25) is 9.48 Å². The molecule has 126 valence electrons. The molecular weight excluding hydrogens is 312 g/mol. The molecule has 1 saturated heterocycles. The van der Waals surface area contributed by atoms with Gasteiger partial charge in [-0.15, -0.1) is 0 Å². The van der Waals surface area contributed by atoms with E-state index in [4.69, 9.17) is 5.73 Å². The lowest BCUT2D eigenvalue weighted by molar-refractivity contribution is -0.118. The van der Waals surface area contributed by atoms with Gasteiger partial charge >= 0.3 is 6.03 Å². The third kappa shape index (κ3) is 3.77. The summed E-state index contributed by atoms with van der Waals surface area (Å²) >= 11 is 0. The van der Waals surface area contributed by atoms with E-state index in [2.05, 4.69) is 20.4 Å². The standard InChI is InChI=1S/C14H18N8O2/c15-12(23)10-22-9-11(8-18-22)19-14(24)21-6-4-20(5-7-21)13-16-2-1-3-17-13/h1-3,8-9H,4-7,10H2,(H2,15,23)(H,19,24). The van der Waals surface area contributed by atoms with Gasteiger partial charge in [0.15, 0.2) is 0 Å². The number of hydrogen-bond donors (Lipinski definition) is 2. The zero-order chi connectivity index (χ0) is 16.9. The van der Waals surface area contributed by atoms with E-state index < -0.39 is 5.91 Å². The van der Waals surface area contributed by atoms with Crippen LogP contribution in [0.15, 0.2) is 30.9 Å². The topological polar surface area (TPSA) is 122 Å². The van der Waals surface area contributed by atoms with E-state index in [9.17, 15) is 9.59 Å². The molecule has 10 nitrogen and oxygen atoms in total. The number of urea groups is 1. The Balaban J connectivity index is 1.52. The van der Waals surface area contributed by atoms with E-state index in [1.54, 1.807) is 29.6 Å². The van der Waals surface area contributed by atoms with Gasteiger partial charge in [0, 0.05) is 44.8 Å². The minimum Gasteiger partial charge on any atom is -0.368 e. The van der Waals surface area contributed by atoms with Crippen LogP contribution in [0.3, 0.4) is 0 Å². The van der Waals surface area contributed by atoms with Gasteiger partial charge in [0.05, 0.1) is 11.9 Å². The van der Waals surface area contributed by atoms with Gasteiger partial charge in [0.25, 0.3) is 0 Å². The van der Waals surface area contributed by atoms with Gasteiger partial charge in [0.1, 0.15) is 6.54 Å². The molecule has 0 atom stereocenters. The van der Waals surface area contributed by atoms with E-state index >= 15 is 0 Å². The van der Waals surface area contributed by atoms with Gasteiger partial charge in [0.2, 0.25) is 11.9 Å². The highest BCUT2D eigenvalue weighted by Crippen LogP contribution is 2.12. The summed E-state index contributed by atoms with van der Waals surface area (Å²) in [6.07, 6.45) is 6.45. The highest BCUT2D eigenvalue weighted by Gasteiger charge is 2.22. The maximum absolute atomic E-state index is 12.3. The first-order valence-electron chi connectivity index (χ1n) is 7.50. The van der Waals surface area contributed by atoms with Gasteiger partial charge in [-0.05, 0) is 6.07 Å². The summed E-state index contributed by atoms with van der Waals surface area (Å²) in [6, 6.07) is 1.56. The van der Waals surface area contributed by atoms with Crippen LogP contribution in [0.25, 0.3) is 0 Å². The third-order valence-corrected chi connectivity index (χ3v) is 3.60. The number of rotatable bonds is 4. The molecule has 1 fully saturated rings. The Morgan fingerprint density at radius 3 is 2.54 bits per heavy atom. The van der Waals surface area contributed by atoms with Crippen LogP contribution in [0.2, 0.25) is 0 Å². The van der Waals surface area contributed by atoms with Crippen molar-refractivity contribution in [2.45, 2.75) is 6.54 Å². The first-order valence-corrected chi connectivity index (χ1v) is 7.50. The molecule has 0 unspecified atom stereocenters. The summed E-state index contributed by atoms with van der Waals surface area (Å²) in [5.74, 6) is 0.181. The quantitative estimate of drug-likeness (QED) is 0.780. The molecule has 0 aromatic carbocycles. The van der Waals surface area contributed by atoms with Crippen molar-refractivity contribution in [2.75, 3.05) is 36.4 Å². The Hall–Kier alpha value is -3.17. The van der Waals surface area contributed by atoms with Gasteiger partial charge in [-0.1, -0.05) is 0 Å². The number of piperazine rings is 1. The largest absolute Gasteiger partial charge is 0.368 e. The maximum Gasteiger partial charge on any atom is 0.322 e. The summed E-state index contributed by atoms with van der Waals surface area (Å²) in [5.41, 5.74) is 5.63. The van der Waals surface area contributed by atoms with Crippen LogP contribution in [0, 0.1) is 0 Å². The van der Waals surface area contributed by atoms with Crippen LogP contribution in [0.4, 0.5) is 16.4 Å². The van der Waals surface area contributed by atoms with Crippen molar-refractivity contribution in [3.63, 3.8) is 0 Å². The fourth-order valence-corrected chi connectivity index (χ4v) is 2.44. The fraction of sp³-hybridized carbons (Fsp3) is 0.357. The van der Waals surface area contributed by atoms with Crippen LogP contribution < -0.4 is 16.0 Å². The van der Waals surface area contributed by atoms with Crippen LogP contribution in [0.1, 0.15) is 0 Å². The SMILES string of the molecule is NC(=O)Cn1cc(NC(=O)N2CCN(c3ncccn3)CC2)cn1. The molecule has 10 heteroatoms. The smallest absolute Gasteiger partial charge is 0.322 e. The van der Waals surface area contributed by atoms with Gasteiger partial charge in [-0.2, -0.15) is 5.10 Å². The average molecular weight is 330 g/mol. The van der Waals surface area contributed by atoms with Crippen molar-refractivity contribution < 1.29 is 9.59 Å².